The molecule has 1 N–H and O–H groups in total. The standard InChI is InChI=1S/C9H12O6/c1-9(2)14-6-5-4(13-8(6)15-9)3(10)7(11)12-5/h3-6,8,10H,1-2H3/t3-,4+,5?,6?,8+/m0/s1. The van der Waals surface area contributed by atoms with Crippen LogP contribution in [0.4, 0.5) is 0 Å². The highest BCUT2D eigenvalue weighted by Crippen LogP contribution is 2.42. The first-order chi connectivity index (χ1) is 6.98. The van der Waals surface area contributed by atoms with E-state index in [1.807, 2.05) is 0 Å². The molecule has 0 radical (unpaired) electrons. The summed E-state index contributed by atoms with van der Waals surface area (Å²) in [7, 11) is 0. The van der Waals surface area contributed by atoms with Gasteiger partial charge in [-0.05, 0) is 13.8 Å². The third-order valence-corrected chi connectivity index (χ3v) is 2.83. The number of carbonyl (C=O) groups is 1. The second-order valence-electron chi connectivity index (χ2n) is 4.42. The molecule has 3 aliphatic heterocycles. The third-order valence-electron chi connectivity index (χ3n) is 2.83. The Labute approximate surface area is 86.1 Å². The summed E-state index contributed by atoms with van der Waals surface area (Å²) in [5.41, 5.74) is 0. The molecule has 3 heterocycles. The fraction of sp³-hybridized carbons (Fsp3) is 0.889. The zero-order chi connectivity index (χ0) is 10.8. The van der Waals surface area contributed by atoms with Crippen molar-refractivity contribution >= 4 is 5.97 Å². The van der Waals surface area contributed by atoms with Crippen LogP contribution in [0.1, 0.15) is 13.8 Å². The van der Waals surface area contributed by atoms with Crippen LogP contribution in [0.25, 0.3) is 0 Å². The van der Waals surface area contributed by atoms with Crippen LogP contribution in [0.2, 0.25) is 0 Å². The van der Waals surface area contributed by atoms with E-state index < -0.39 is 42.5 Å². The van der Waals surface area contributed by atoms with Gasteiger partial charge in [0.25, 0.3) is 0 Å². The number of rotatable bonds is 0. The van der Waals surface area contributed by atoms with E-state index in [1.54, 1.807) is 13.8 Å². The summed E-state index contributed by atoms with van der Waals surface area (Å²) >= 11 is 0. The van der Waals surface area contributed by atoms with E-state index in [9.17, 15) is 9.90 Å². The Morgan fingerprint density at radius 1 is 1.20 bits per heavy atom. The maximum atomic E-state index is 11.1. The van der Waals surface area contributed by atoms with Crippen molar-refractivity contribution in [1.82, 2.24) is 0 Å². The minimum absolute atomic E-state index is 0.439. The fourth-order valence-electron chi connectivity index (χ4n) is 2.23. The first kappa shape index (κ1) is 9.53. The molecular formula is C9H12O6. The lowest BCUT2D eigenvalue weighted by Crippen LogP contribution is -2.35. The SMILES string of the molecule is CC1(C)OC2C3OC(=O)[C@@H](O)[C@H]3O[C@@H]2O1. The lowest BCUT2D eigenvalue weighted by atomic mass is 10.1. The Balaban J connectivity index is 1.83. The lowest BCUT2D eigenvalue weighted by molar-refractivity contribution is -0.214. The second kappa shape index (κ2) is 2.70. The summed E-state index contributed by atoms with van der Waals surface area (Å²) in [4.78, 5) is 11.1. The number of fused-ring (bicyclic) bond motifs is 3. The molecule has 0 aromatic rings. The summed E-state index contributed by atoms with van der Waals surface area (Å²) in [6.07, 6.45) is -3.44. The molecule has 0 spiro atoms. The molecule has 3 rings (SSSR count). The number of carbonyl (C=O) groups excluding carboxylic acids is 1. The largest absolute Gasteiger partial charge is 0.454 e. The molecule has 3 aliphatic rings. The third kappa shape index (κ3) is 1.22. The highest BCUT2D eigenvalue weighted by molar-refractivity contribution is 5.78. The van der Waals surface area contributed by atoms with Crippen molar-refractivity contribution < 1.29 is 28.8 Å². The summed E-state index contributed by atoms with van der Waals surface area (Å²) in [5, 5.41) is 9.44. The molecule has 2 unspecified atom stereocenters. The average Bonchev–Trinajstić information content (AvgIpc) is 2.66. The van der Waals surface area contributed by atoms with Crippen molar-refractivity contribution in [3.8, 4) is 0 Å². The maximum Gasteiger partial charge on any atom is 0.338 e. The predicted molar refractivity (Wildman–Crippen MR) is 44.6 cm³/mol. The number of hydrogen-bond acceptors (Lipinski definition) is 6. The van der Waals surface area contributed by atoms with Crippen molar-refractivity contribution in [3.63, 3.8) is 0 Å². The maximum absolute atomic E-state index is 11.1. The Hall–Kier alpha value is -0.690. The molecule has 0 aliphatic carbocycles. The predicted octanol–water partition coefficient (Wildman–Crippen LogP) is -0.851. The van der Waals surface area contributed by atoms with E-state index in [1.165, 1.54) is 0 Å². The number of hydrogen-bond donors (Lipinski definition) is 1. The lowest BCUT2D eigenvalue weighted by Gasteiger charge is -2.20. The van der Waals surface area contributed by atoms with Gasteiger partial charge >= 0.3 is 5.97 Å². The molecule has 3 saturated heterocycles. The van der Waals surface area contributed by atoms with E-state index >= 15 is 0 Å². The molecular weight excluding hydrogens is 204 g/mol. The highest BCUT2D eigenvalue weighted by Gasteiger charge is 2.62. The van der Waals surface area contributed by atoms with E-state index in [-0.39, 0.29) is 0 Å². The first-order valence-corrected chi connectivity index (χ1v) is 4.88. The molecule has 0 saturated carbocycles. The highest BCUT2D eigenvalue weighted by atomic mass is 16.8. The Morgan fingerprint density at radius 2 is 1.93 bits per heavy atom. The van der Waals surface area contributed by atoms with E-state index in [2.05, 4.69) is 0 Å². The van der Waals surface area contributed by atoms with Crippen LogP contribution >= 0.6 is 0 Å². The van der Waals surface area contributed by atoms with E-state index in [4.69, 9.17) is 18.9 Å². The molecule has 5 atom stereocenters. The normalized spacial score (nSPS) is 51.4. The molecule has 0 bridgehead atoms. The van der Waals surface area contributed by atoms with Gasteiger partial charge in [-0.3, -0.25) is 0 Å². The van der Waals surface area contributed by atoms with Gasteiger partial charge in [0.05, 0.1) is 0 Å². The van der Waals surface area contributed by atoms with Gasteiger partial charge in [0, 0.05) is 0 Å². The zero-order valence-electron chi connectivity index (χ0n) is 8.38. The van der Waals surface area contributed by atoms with Crippen LogP contribution in [-0.4, -0.2) is 47.6 Å². The monoisotopic (exact) mass is 216 g/mol. The van der Waals surface area contributed by atoms with Crippen LogP contribution in [0, 0.1) is 0 Å². The van der Waals surface area contributed by atoms with Crippen molar-refractivity contribution in [2.24, 2.45) is 0 Å². The van der Waals surface area contributed by atoms with Crippen LogP contribution in [0.3, 0.4) is 0 Å². The van der Waals surface area contributed by atoms with Gasteiger partial charge in [-0.25, -0.2) is 4.79 Å². The topological polar surface area (TPSA) is 74.2 Å². The van der Waals surface area contributed by atoms with Gasteiger partial charge in [-0.15, -0.1) is 0 Å². The Kier molecular flexibility index (Phi) is 1.72. The summed E-state index contributed by atoms with van der Waals surface area (Å²) in [6.45, 7) is 3.52. The molecule has 6 heteroatoms. The van der Waals surface area contributed by atoms with E-state index in [0.29, 0.717) is 0 Å². The van der Waals surface area contributed by atoms with Crippen molar-refractivity contribution in [1.29, 1.82) is 0 Å². The number of esters is 1. The zero-order valence-corrected chi connectivity index (χ0v) is 8.38. The molecule has 6 nitrogen and oxygen atoms in total. The molecule has 84 valence electrons. The fourth-order valence-corrected chi connectivity index (χ4v) is 2.23. The average molecular weight is 216 g/mol. The minimum Gasteiger partial charge on any atom is -0.454 e. The van der Waals surface area contributed by atoms with Crippen molar-refractivity contribution in [3.05, 3.63) is 0 Å². The number of aliphatic hydroxyl groups excluding tert-OH is 1. The molecule has 15 heavy (non-hydrogen) atoms. The van der Waals surface area contributed by atoms with Crippen LogP contribution in [-0.2, 0) is 23.7 Å². The number of ether oxygens (including phenoxy) is 4. The van der Waals surface area contributed by atoms with Gasteiger partial charge in [0.2, 0.25) is 0 Å². The van der Waals surface area contributed by atoms with Crippen molar-refractivity contribution in [2.75, 3.05) is 0 Å². The molecule has 3 fully saturated rings. The second-order valence-corrected chi connectivity index (χ2v) is 4.42. The van der Waals surface area contributed by atoms with Crippen LogP contribution in [0.15, 0.2) is 0 Å². The van der Waals surface area contributed by atoms with Crippen molar-refractivity contribution in [2.45, 2.75) is 50.3 Å². The summed E-state index contributed by atoms with van der Waals surface area (Å²) in [5.74, 6) is -1.39. The van der Waals surface area contributed by atoms with Gasteiger partial charge < -0.3 is 24.1 Å². The molecule has 0 amide bonds. The van der Waals surface area contributed by atoms with Gasteiger partial charge in [0.1, 0.15) is 6.10 Å². The van der Waals surface area contributed by atoms with Crippen LogP contribution in [0.5, 0.6) is 0 Å². The Bertz CT molecular complexity index is 314. The number of aliphatic hydroxyl groups is 1. The summed E-state index contributed by atoms with van der Waals surface area (Å²) in [6, 6.07) is 0. The van der Waals surface area contributed by atoms with Gasteiger partial charge in [-0.2, -0.15) is 0 Å². The minimum atomic E-state index is -1.23. The molecule has 0 aromatic heterocycles. The van der Waals surface area contributed by atoms with Crippen LogP contribution < -0.4 is 0 Å². The van der Waals surface area contributed by atoms with E-state index in [0.717, 1.165) is 0 Å². The smallest absolute Gasteiger partial charge is 0.338 e. The van der Waals surface area contributed by atoms with Gasteiger partial charge in [-0.1, -0.05) is 0 Å². The van der Waals surface area contributed by atoms with Gasteiger partial charge in [0.15, 0.2) is 30.4 Å². The first-order valence-electron chi connectivity index (χ1n) is 4.88. The quantitative estimate of drug-likeness (QED) is 0.532. The Morgan fingerprint density at radius 3 is 2.67 bits per heavy atom. The molecule has 0 aromatic carbocycles. The summed E-state index contributed by atoms with van der Waals surface area (Å²) < 4.78 is 21.4.